The Morgan fingerprint density at radius 2 is 2.00 bits per heavy atom. The van der Waals surface area contributed by atoms with Crippen molar-refractivity contribution in [2.24, 2.45) is 4.99 Å². The van der Waals surface area contributed by atoms with Crippen LogP contribution in [0.5, 0.6) is 0 Å². The van der Waals surface area contributed by atoms with Gasteiger partial charge in [0.05, 0.1) is 19.7 Å². The number of carbonyl (C=O) groups is 1. The molecule has 2 fully saturated rings. The lowest BCUT2D eigenvalue weighted by molar-refractivity contribution is -0.129. The zero-order valence-electron chi connectivity index (χ0n) is 16.6. The van der Waals surface area contributed by atoms with Crippen molar-refractivity contribution in [1.29, 1.82) is 0 Å². The number of nitrogens with one attached hydrogen (secondary N) is 1. The van der Waals surface area contributed by atoms with Crippen molar-refractivity contribution >= 4 is 11.9 Å². The minimum Gasteiger partial charge on any atom is -0.370 e. The SMILES string of the molecule is CCNC(=NCCC(=O)N1CCCC1)N1CCOC(c2ccccc2C)C1. The predicted octanol–water partition coefficient (Wildman–Crippen LogP) is 2.35. The highest BCUT2D eigenvalue weighted by molar-refractivity contribution is 5.81. The van der Waals surface area contributed by atoms with Crippen LogP contribution in [0.4, 0.5) is 0 Å². The van der Waals surface area contributed by atoms with Crippen LogP contribution in [0, 0.1) is 6.92 Å². The van der Waals surface area contributed by atoms with Crippen LogP contribution in [0.1, 0.15) is 43.4 Å². The number of ether oxygens (including phenoxy) is 1. The van der Waals surface area contributed by atoms with Gasteiger partial charge in [0.1, 0.15) is 6.10 Å². The minimum atomic E-state index is 0.0510. The van der Waals surface area contributed by atoms with E-state index in [1.807, 2.05) is 4.90 Å². The number of aryl methyl sites for hydroxylation is 1. The number of hydrogen-bond donors (Lipinski definition) is 1. The molecule has 2 aliphatic heterocycles. The van der Waals surface area contributed by atoms with E-state index in [0.717, 1.165) is 51.5 Å². The Balaban J connectivity index is 1.61. The molecule has 0 aliphatic carbocycles. The van der Waals surface area contributed by atoms with Crippen LogP contribution in [0.2, 0.25) is 0 Å². The van der Waals surface area contributed by atoms with E-state index in [1.54, 1.807) is 0 Å². The molecule has 2 aliphatic rings. The van der Waals surface area contributed by atoms with Crippen LogP contribution < -0.4 is 5.32 Å². The Labute approximate surface area is 162 Å². The van der Waals surface area contributed by atoms with Gasteiger partial charge < -0.3 is 19.9 Å². The lowest BCUT2D eigenvalue weighted by Gasteiger charge is -2.35. The summed E-state index contributed by atoms with van der Waals surface area (Å²) in [4.78, 5) is 21.2. The first-order chi connectivity index (χ1) is 13.2. The smallest absolute Gasteiger partial charge is 0.224 e. The average Bonchev–Trinajstić information content (AvgIpc) is 3.23. The summed E-state index contributed by atoms with van der Waals surface area (Å²) in [5.74, 6) is 1.11. The molecule has 1 N–H and O–H groups in total. The molecule has 2 saturated heterocycles. The fraction of sp³-hybridized carbons (Fsp3) is 0.619. The van der Waals surface area contributed by atoms with Gasteiger partial charge in [-0.3, -0.25) is 9.79 Å². The second-order valence-corrected chi connectivity index (χ2v) is 7.24. The highest BCUT2D eigenvalue weighted by Gasteiger charge is 2.25. The van der Waals surface area contributed by atoms with Gasteiger partial charge in [0, 0.05) is 32.6 Å². The van der Waals surface area contributed by atoms with Gasteiger partial charge in [0.25, 0.3) is 0 Å². The number of hydrogen-bond acceptors (Lipinski definition) is 3. The van der Waals surface area contributed by atoms with Gasteiger partial charge in [-0.05, 0) is 37.8 Å². The molecule has 3 rings (SSSR count). The highest BCUT2D eigenvalue weighted by Crippen LogP contribution is 2.25. The minimum absolute atomic E-state index is 0.0510. The van der Waals surface area contributed by atoms with Gasteiger partial charge in [-0.15, -0.1) is 0 Å². The summed E-state index contributed by atoms with van der Waals surface area (Å²) in [5.41, 5.74) is 2.49. The maximum absolute atomic E-state index is 12.2. The fourth-order valence-corrected chi connectivity index (χ4v) is 3.79. The van der Waals surface area contributed by atoms with Gasteiger partial charge in [0.15, 0.2) is 5.96 Å². The molecule has 6 nitrogen and oxygen atoms in total. The lowest BCUT2D eigenvalue weighted by Crippen LogP contribution is -2.48. The number of carbonyl (C=O) groups excluding carboxylic acids is 1. The van der Waals surface area contributed by atoms with E-state index in [9.17, 15) is 4.79 Å². The fourth-order valence-electron chi connectivity index (χ4n) is 3.79. The third kappa shape index (κ3) is 5.22. The summed E-state index contributed by atoms with van der Waals surface area (Å²) in [5, 5.41) is 3.38. The van der Waals surface area contributed by atoms with Crippen molar-refractivity contribution in [2.75, 3.05) is 45.9 Å². The number of likely N-dealkylation sites (tertiary alicyclic amines) is 1. The van der Waals surface area contributed by atoms with Gasteiger partial charge in [-0.2, -0.15) is 0 Å². The molecular formula is C21H32N4O2. The first-order valence-corrected chi connectivity index (χ1v) is 10.2. The van der Waals surface area contributed by atoms with Crippen LogP contribution in [-0.2, 0) is 9.53 Å². The van der Waals surface area contributed by atoms with E-state index in [-0.39, 0.29) is 12.0 Å². The van der Waals surface area contributed by atoms with Gasteiger partial charge in [-0.25, -0.2) is 0 Å². The summed E-state index contributed by atoms with van der Waals surface area (Å²) in [6, 6.07) is 8.39. The van der Waals surface area contributed by atoms with Crippen molar-refractivity contribution in [3.8, 4) is 0 Å². The molecule has 2 heterocycles. The number of rotatable bonds is 5. The first kappa shape index (κ1) is 19.7. The number of benzene rings is 1. The van der Waals surface area contributed by atoms with E-state index >= 15 is 0 Å². The summed E-state index contributed by atoms with van der Waals surface area (Å²) >= 11 is 0. The number of nitrogens with zero attached hydrogens (tertiary/aromatic N) is 3. The monoisotopic (exact) mass is 372 g/mol. The zero-order chi connectivity index (χ0) is 19.1. The summed E-state index contributed by atoms with van der Waals surface area (Å²) in [7, 11) is 0. The Kier molecular flexibility index (Phi) is 7.10. The lowest BCUT2D eigenvalue weighted by atomic mass is 10.0. The molecule has 0 saturated carbocycles. The summed E-state index contributed by atoms with van der Waals surface area (Å²) in [6.07, 6.45) is 2.80. The van der Waals surface area contributed by atoms with Crippen molar-refractivity contribution < 1.29 is 9.53 Å². The maximum Gasteiger partial charge on any atom is 0.224 e. The molecule has 148 valence electrons. The van der Waals surface area contributed by atoms with E-state index in [4.69, 9.17) is 9.73 Å². The van der Waals surface area contributed by atoms with Crippen LogP contribution in [0.25, 0.3) is 0 Å². The summed E-state index contributed by atoms with van der Waals surface area (Å²) < 4.78 is 6.03. The average molecular weight is 373 g/mol. The molecular weight excluding hydrogens is 340 g/mol. The second kappa shape index (κ2) is 9.74. The Morgan fingerprint density at radius 1 is 1.22 bits per heavy atom. The molecule has 0 bridgehead atoms. The number of aliphatic imine (C=N–C) groups is 1. The third-order valence-electron chi connectivity index (χ3n) is 5.28. The zero-order valence-corrected chi connectivity index (χ0v) is 16.6. The van der Waals surface area contributed by atoms with Crippen LogP contribution in [-0.4, -0.2) is 67.5 Å². The van der Waals surface area contributed by atoms with Crippen molar-refractivity contribution in [1.82, 2.24) is 15.1 Å². The van der Waals surface area contributed by atoms with Gasteiger partial charge >= 0.3 is 0 Å². The molecule has 0 aromatic heterocycles. The van der Waals surface area contributed by atoms with Crippen molar-refractivity contribution in [3.05, 3.63) is 35.4 Å². The quantitative estimate of drug-likeness (QED) is 0.637. The predicted molar refractivity (Wildman–Crippen MR) is 108 cm³/mol. The van der Waals surface area contributed by atoms with E-state index in [0.29, 0.717) is 19.6 Å². The number of guanidine groups is 1. The molecule has 6 heteroatoms. The standard InChI is InChI=1S/C21H32N4O2/c1-3-22-21(23-11-10-20(26)24-12-6-7-13-24)25-14-15-27-19(16-25)18-9-5-4-8-17(18)2/h4-5,8-9,19H,3,6-7,10-16H2,1-2H3,(H,22,23). The van der Waals surface area contributed by atoms with Crippen molar-refractivity contribution in [2.45, 2.75) is 39.2 Å². The van der Waals surface area contributed by atoms with Crippen LogP contribution in [0.3, 0.4) is 0 Å². The number of morpholine rings is 1. The molecule has 1 aromatic carbocycles. The van der Waals surface area contributed by atoms with E-state index < -0.39 is 0 Å². The molecule has 1 atom stereocenters. The highest BCUT2D eigenvalue weighted by atomic mass is 16.5. The molecule has 0 radical (unpaired) electrons. The maximum atomic E-state index is 12.2. The second-order valence-electron chi connectivity index (χ2n) is 7.24. The third-order valence-corrected chi connectivity index (χ3v) is 5.28. The Hall–Kier alpha value is -2.08. The van der Waals surface area contributed by atoms with Crippen LogP contribution >= 0.6 is 0 Å². The Morgan fingerprint density at radius 3 is 2.74 bits per heavy atom. The summed E-state index contributed by atoms with van der Waals surface area (Å²) in [6.45, 7) is 9.62. The molecule has 27 heavy (non-hydrogen) atoms. The largest absolute Gasteiger partial charge is 0.370 e. The Bertz CT molecular complexity index is 655. The number of amides is 1. The van der Waals surface area contributed by atoms with E-state index in [2.05, 4.69) is 48.3 Å². The van der Waals surface area contributed by atoms with Gasteiger partial charge in [0.2, 0.25) is 5.91 Å². The van der Waals surface area contributed by atoms with Crippen molar-refractivity contribution in [3.63, 3.8) is 0 Å². The van der Waals surface area contributed by atoms with Gasteiger partial charge in [-0.1, -0.05) is 24.3 Å². The van der Waals surface area contributed by atoms with E-state index in [1.165, 1.54) is 11.1 Å². The molecule has 1 aromatic rings. The normalized spacial score (nSPS) is 20.8. The van der Waals surface area contributed by atoms with Crippen LogP contribution in [0.15, 0.2) is 29.3 Å². The molecule has 1 amide bonds. The molecule has 0 spiro atoms. The first-order valence-electron chi connectivity index (χ1n) is 10.2. The topological polar surface area (TPSA) is 57.2 Å². The molecule has 1 unspecified atom stereocenters.